The first-order chi connectivity index (χ1) is 12.6. The summed E-state index contributed by atoms with van der Waals surface area (Å²) in [5, 5.41) is 22.5. The van der Waals surface area contributed by atoms with E-state index in [2.05, 4.69) is 28.1 Å². The van der Waals surface area contributed by atoms with E-state index in [0.717, 1.165) is 35.7 Å². The topological polar surface area (TPSA) is 40.5 Å². The van der Waals surface area contributed by atoms with Crippen LogP contribution in [0.15, 0.2) is 70.2 Å². The largest absolute Gasteiger partial charge is 0.396 e. The van der Waals surface area contributed by atoms with Crippen molar-refractivity contribution in [2.45, 2.75) is 43.6 Å². The predicted octanol–water partition coefficient (Wildman–Crippen LogP) is 5.30. The zero-order valence-corrected chi connectivity index (χ0v) is 16.5. The van der Waals surface area contributed by atoms with E-state index in [4.69, 9.17) is 0 Å². The van der Waals surface area contributed by atoms with Gasteiger partial charge in [0, 0.05) is 17.0 Å². The maximum atomic E-state index is 12.1. The Hall–Kier alpha value is -1.42. The van der Waals surface area contributed by atoms with Crippen LogP contribution < -0.4 is 0 Å². The Morgan fingerprint density at radius 2 is 1.77 bits per heavy atom. The van der Waals surface area contributed by atoms with Gasteiger partial charge in [0.2, 0.25) is 0 Å². The fourth-order valence-electron chi connectivity index (χ4n) is 5.00. The maximum absolute atomic E-state index is 12.1. The molecule has 2 aliphatic rings. The molecule has 2 aromatic carbocycles. The molecule has 2 aromatic rings. The highest BCUT2D eigenvalue weighted by molar-refractivity contribution is 9.10. The zero-order chi connectivity index (χ0) is 18.1. The van der Waals surface area contributed by atoms with Gasteiger partial charge in [-0.05, 0) is 66.9 Å². The third-order valence-electron chi connectivity index (χ3n) is 6.22. The second-order valence-electron chi connectivity index (χ2n) is 7.58. The average Bonchev–Trinajstić information content (AvgIpc) is 2.68. The van der Waals surface area contributed by atoms with E-state index in [-0.39, 0.29) is 18.4 Å². The Morgan fingerprint density at radius 3 is 2.50 bits per heavy atom. The van der Waals surface area contributed by atoms with Gasteiger partial charge in [-0.1, -0.05) is 64.0 Å². The molecule has 0 spiro atoms. The van der Waals surface area contributed by atoms with Crippen LogP contribution in [0, 0.1) is 5.92 Å². The number of rotatable bonds is 3. The van der Waals surface area contributed by atoms with Gasteiger partial charge in [-0.3, -0.25) is 0 Å². The highest BCUT2D eigenvalue weighted by Crippen LogP contribution is 2.55. The fraction of sp³-hybridized carbons (Fsp3) is 0.391. The second-order valence-corrected chi connectivity index (χ2v) is 8.49. The summed E-state index contributed by atoms with van der Waals surface area (Å²) in [5.74, 6) is -0.129. The molecule has 136 valence electrons. The van der Waals surface area contributed by atoms with Crippen LogP contribution in [-0.4, -0.2) is 16.8 Å². The fourth-order valence-corrected chi connectivity index (χ4v) is 5.42. The van der Waals surface area contributed by atoms with Crippen molar-refractivity contribution >= 4 is 15.9 Å². The molecule has 3 heteroatoms. The number of allylic oxidation sites excluding steroid dienone is 1. The van der Waals surface area contributed by atoms with Crippen molar-refractivity contribution in [3.05, 3.63) is 81.3 Å². The first kappa shape index (κ1) is 18.0. The Balaban J connectivity index is 1.89. The SMILES string of the molecule is OC[C@H]1[C@H](c2cccc(Br)c2)CC2=C(CCCC2)[C@]1(O)c1ccccc1. The number of hydrogen-bond acceptors (Lipinski definition) is 2. The molecule has 0 bridgehead atoms. The van der Waals surface area contributed by atoms with Crippen LogP contribution in [-0.2, 0) is 5.60 Å². The molecule has 0 saturated carbocycles. The lowest BCUT2D eigenvalue weighted by atomic mass is 9.59. The van der Waals surface area contributed by atoms with E-state index in [1.165, 1.54) is 23.1 Å². The summed E-state index contributed by atoms with van der Waals surface area (Å²) in [6.45, 7) is -0.0284. The van der Waals surface area contributed by atoms with Crippen molar-refractivity contribution in [1.29, 1.82) is 0 Å². The standard InChI is InChI=1S/C23H25BrO2/c24-19-11-6-8-16(13-19)20-14-17-7-4-5-12-21(17)23(26,22(20)15-25)18-9-2-1-3-10-18/h1-3,6,8-11,13,20,22,25-26H,4-5,7,12,14-15H2/t20-,22-,23+/m0/s1. The van der Waals surface area contributed by atoms with Gasteiger partial charge < -0.3 is 10.2 Å². The van der Waals surface area contributed by atoms with Crippen LogP contribution in [0.2, 0.25) is 0 Å². The minimum absolute atomic E-state index is 0.0284. The van der Waals surface area contributed by atoms with E-state index < -0.39 is 5.60 Å². The lowest BCUT2D eigenvalue weighted by Crippen LogP contribution is -2.46. The molecule has 0 amide bonds. The van der Waals surface area contributed by atoms with Crippen LogP contribution in [0.4, 0.5) is 0 Å². The number of aliphatic hydroxyl groups excluding tert-OH is 1. The molecule has 4 rings (SSSR count). The third kappa shape index (κ3) is 2.96. The predicted molar refractivity (Wildman–Crippen MR) is 108 cm³/mol. The second kappa shape index (κ2) is 7.30. The van der Waals surface area contributed by atoms with Crippen molar-refractivity contribution in [3.63, 3.8) is 0 Å². The summed E-state index contributed by atoms with van der Waals surface area (Å²) in [4.78, 5) is 0. The zero-order valence-electron chi connectivity index (χ0n) is 14.9. The molecule has 0 radical (unpaired) electrons. The molecule has 2 N–H and O–H groups in total. The van der Waals surface area contributed by atoms with E-state index in [9.17, 15) is 10.2 Å². The van der Waals surface area contributed by atoms with Crippen molar-refractivity contribution < 1.29 is 10.2 Å². The molecule has 0 saturated heterocycles. The minimum atomic E-state index is -1.09. The van der Waals surface area contributed by atoms with E-state index in [0.29, 0.717) is 0 Å². The lowest BCUT2D eigenvalue weighted by molar-refractivity contribution is -0.0391. The summed E-state index contributed by atoms with van der Waals surface area (Å²) in [7, 11) is 0. The minimum Gasteiger partial charge on any atom is -0.396 e. The molecule has 2 aliphatic carbocycles. The van der Waals surface area contributed by atoms with Crippen LogP contribution in [0.3, 0.4) is 0 Å². The number of hydrogen-bond donors (Lipinski definition) is 2. The summed E-state index contributed by atoms with van der Waals surface area (Å²) in [6.07, 6.45) is 5.24. The third-order valence-corrected chi connectivity index (χ3v) is 6.71. The van der Waals surface area contributed by atoms with Crippen LogP contribution in [0.1, 0.15) is 49.1 Å². The van der Waals surface area contributed by atoms with Crippen LogP contribution in [0.25, 0.3) is 0 Å². The Kier molecular flexibility index (Phi) is 5.05. The normalized spacial score (nSPS) is 28.7. The number of benzene rings is 2. The van der Waals surface area contributed by atoms with Gasteiger partial charge in [-0.2, -0.15) is 0 Å². The first-order valence-corrected chi connectivity index (χ1v) is 10.3. The van der Waals surface area contributed by atoms with Gasteiger partial charge in [0.25, 0.3) is 0 Å². The summed E-state index contributed by atoms with van der Waals surface area (Å²) in [5.41, 5.74) is 3.58. The van der Waals surface area contributed by atoms with E-state index in [1.807, 2.05) is 42.5 Å². The summed E-state index contributed by atoms with van der Waals surface area (Å²) in [6, 6.07) is 18.3. The molecule has 0 fully saturated rings. The molecule has 0 unspecified atom stereocenters. The molecule has 0 aliphatic heterocycles. The molecule has 0 heterocycles. The Morgan fingerprint density at radius 1 is 1.00 bits per heavy atom. The van der Waals surface area contributed by atoms with Gasteiger partial charge in [-0.25, -0.2) is 0 Å². The highest BCUT2D eigenvalue weighted by atomic mass is 79.9. The summed E-state index contributed by atoms with van der Waals surface area (Å²) >= 11 is 3.58. The van der Waals surface area contributed by atoms with E-state index >= 15 is 0 Å². The monoisotopic (exact) mass is 412 g/mol. The summed E-state index contributed by atoms with van der Waals surface area (Å²) < 4.78 is 1.04. The molecule has 3 atom stereocenters. The van der Waals surface area contributed by atoms with Gasteiger partial charge in [0.15, 0.2) is 0 Å². The Bertz CT molecular complexity index is 814. The molecule has 26 heavy (non-hydrogen) atoms. The van der Waals surface area contributed by atoms with Gasteiger partial charge >= 0.3 is 0 Å². The van der Waals surface area contributed by atoms with Gasteiger partial charge in [-0.15, -0.1) is 0 Å². The van der Waals surface area contributed by atoms with Crippen LogP contribution >= 0.6 is 15.9 Å². The van der Waals surface area contributed by atoms with Crippen molar-refractivity contribution in [3.8, 4) is 0 Å². The molecular weight excluding hydrogens is 388 g/mol. The molecular formula is C23H25BrO2. The van der Waals surface area contributed by atoms with Gasteiger partial charge in [0.1, 0.15) is 5.60 Å². The Labute approximate surface area is 163 Å². The maximum Gasteiger partial charge on any atom is 0.116 e. The lowest BCUT2D eigenvalue weighted by Gasteiger charge is -2.48. The highest BCUT2D eigenvalue weighted by Gasteiger charge is 2.50. The van der Waals surface area contributed by atoms with E-state index in [1.54, 1.807) is 0 Å². The number of halogens is 1. The first-order valence-electron chi connectivity index (χ1n) is 9.50. The van der Waals surface area contributed by atoms with Crippen molar-refractivity contribution in [1.82, 2.24) is 0 Å². The van der Waals surface area contributed by atoms with Crippen molar-refractivity contribution in [2.75, 3.05) is 6.61 Å². The van der Waals surface area contributed by atoms with Crippen LogP contribution in [0.5, 0.6) is 0 Å². The van der Waals surface area contributed by atoms with Gasteiger partial charge in [0.05, 0.1) is 0 Å². The number of aliphatic hydroxyl groups is 2. The smallest absolute Gasteiger partial charge is 0.116 e. The molecule has 0 aromatic heterocycles. The average molecular weight is 413 g/mol. The molecule has 2 nitrogen and oxygen atoms in total. The quantitative estimate of drug-likeness (QED) is 0.671. The van der Waals surface area contributed by atoms with Crippen molar-refractivity contribution in [2.24, 2.45) is 5.92 Å².